The van der Waals surface area contributed by atoms with Gasteiger partial charge in [0.25, 0.3) is 0 Å². The molecule has 23 heavy (non-hydrogen) atoms. The van der Waals surface area contributed by atoms with Crippen LogP contribution in [0, 0.1) is 5.41 Å². The molecule has 0 atom stereocenters. The first-order valence-corrected chi connectivity index (χ1v) is 8.30. The van der Waals surface area contributed by atoms with Crippen LogP contribution in [-0.4, -0.2) is 48.5 Å². The van der Waals surface area contributed by atoms with Gasteiger partial charge in [-0.2, -0.15) is 10.1 Å². The average molecular weight is 313 g/mol. The highest BCUT2D eigenvalue weighted by atomic mass is 16.5. The normalized spacial score (nSPS) is 20.1. The molecule has 0 aliphatic carbocycles. The number of nitrogens with one attached hydrogen (secondary N) is 2. The fourth-order valence-corrected chi connectivity index (χ4v) is 3.88. The van der Waals surface area contributed by atoms with E-state index in [1.807, 2.05) is 6.20 Å². The standard InChI is InChI=1S/C17H23N5O/c1-23-16-14(13-10-19-20-11-13)2-3-15(21-16)22-9-6-17(12-22)4-7-18-8-5-17/h2-3,10-11,18H,4-9,12H2,1H3,(H,19,20). The van der Waals surface area contributed by atoms with Crippen molar-refractivity contribution in [3.63, 3.8) is 0 Å². The van der Waals surface area contributed by atoms with Crippen LogP contribution in [0.2, 0.25) is 0 Å². The molecule has 0 bridgehead atoms. The highest BCUT2D eigenvalue weighted by molar-refractivity contribution is 5.69. The Labute approximate surface area is 136 Å². The fraction of sp³-hybridized carbons (Fsp3) is 0.529. The monoisotopic (exact) mass is 313 g/mol. The molecule has 2 N–H and O–H groups in total. The molecule has 4 rings (SSSR count). The largest absolute Gasteiger partial charge is 0.480 e. The number of methoxy groups -OCH3 is 1. The molecule has 2 fully saturated rings. The van der Waals surface area contributed by atoms with Crippen molar-refractivity contribution in [3.8, 4) is 17.0 Å². The first kappa shape index (κ1) is 14.5. The second kappa shape index (κ2) is 5.85. The second-order valence-corrected chi connectivity index (χ2v) is 6.63. The van der Waals surface area contributed by atoms with Gasteiger partial charge in [0.15, 0.2) is 0 Å². The zero-order chi connectivity index (χ0) is 15.7. The van der Waals surface area contributed by atoms with Crippen LogP contribution in [0.15, 0.2) is 24.5 Å². The molecule has 122 valence electrons. The molecular formula is C17H23N5O. The minimum Gasteiger partial charge on any atom is -0.480 e. The summed E-state index contributed by atoms with van der Waals surface area (Å²) in [5.41, 5.74) is 2.45. The van der Waals surface area contributed by atoms with Gasteiger partial charge in [-0.3, -0.25) is 5.10 Å². The van der Waals surface area contributed by atoms with Gasteiger partial charge >= 0.3 is 0 Å². The summed E-state index contributed by atoms with van der Waals surface area (Å²) in [6.07, 6.45) is 7.46. The van der Waals surface area contributed by atoms with E-state index in [-0.39, 0.29) is 0 Å². The lowest BCUT2D eigenvalue weighted by molar-refractivity contribution is 0.232. The van der Waals surface area contributed by atoms with E-state index in [4.69, 9.17) is 9.72 Å². The van der Waals surface area contributed by atoms with Crippen molar-refractivity contribution in [1.82, 2.24) is 20.5 Å². The summed E-state index contributed by atoms with van der Waals surface area (Å²) in [5, 5.41) is 10.3. The zero-order valence-corrected chi connectivity index (χ0v) is 13.5. The van der Waals surface area contributed by atoms with Crippen molar-refractivity contribution in [2.24, 2.45) is 5.41 Å². The van der Waals surface area contributed by atoms with E-state index in [9.17, 15) is 0 Å². The van der Waals surface area contributed by atoms with E-state index in [0.717, 1.165) is 43.1 Å². The molecule has 6 heteroatoms. The molecule has 2 aliphatic heterocycles. The zero-order valence-electron chi connectivity index (χ0n) is 13.5. The maximum absolute atomic E-state index is 5.52. The Hall–Kier alpha value is -2.08. The summed E-state index contributed by atoms with van der Waals surface area (Å²) in [4.78, 5) is 7.16. The Bertz CT molecular complexity index is 664. The van der Waals surface area contributed by atoms with Crippen molar-refractivity contribution in [3.05, 3.63) is 24.5 Å². The maximum Gasteiger partial charge on any atom is 0.223 e. The maximum atomic E-state index is 5.52. The van der Waals surface area contributed by atoms with Gasteiger partial charge in [0.05, 0.1) is 13.3 Å². The van der Waals surface area contributed by atoms with E-state index < -0.39 is 0 Å². The SMILES string of the molecule is COc1nc(N2CCC3(CCNCC3)C2)ccc1-c1cn[nH]c1. The van der Waals surface area contributed by atoms with Crippen molar-refractivity contribution >= 4 is 5.82 Å². The quantitative estimate of drug-likeness (QED) is 0.908. The number of hydrogen-bond acceptors (Lipinski definition) is 5. The Kier molecular flexibility index (Phi) is 3.69. The first-order valence-electron chi connectivity index (χ1n) is 8.30. The van der Waals surface area contributed by atoms with Crippen LogP contribution in [0.25, 0.3) is 11.1 Å². The predicted molar refractivity (Wildman–Crippen MR) is 89.7 cm³/mol. The number of pyridine rings is 1. The lowest BCUT2D eigenvalue weighted by atomic mass is 9.78. The minimum atomic E-state index is 0.476. The number of rotatable bonds is 3. The fourth-order valence-electron chi connectivity index (χ4n) is 3.88. The van der Waals surface area contributed by atoms with Gasteiger partial charge in [-0.05, 0) is 49.9 Å². The highest BCUT2D eigenvalue weighted by Crippen LogP contribution is 2.40. The lowest BCUT2D eigenvalue weighted by Gasteiger charge is -2.33. The molecular weight excluding hydrogens is 290 g/mol. The Balaban J connectivity index is 1.58. The van der Waals surface area contributed by atoms with Gasteiger partial charge in [-0.25, -0.2) is 0 Å². The van der Waals surface area contributed by atoms with Crippen LogP contribution in [0.1, 0.15) is 19.3 Å². The third kappa shape index (κ3) is 2.67. The van der Waals surface area contributed by atoms with Crippen LogP contribution in [0.4, 0.5) is 5.82 Å². The topological polar surface area (TPSA) is 66.1 Å². The summed E-state index contributed by atoms with van der Waals surface area (Å²) in [5.74, 6) is 1.68. The van der Waals surface area contributed by atoms with Crippen molar-refractivity contribution in [2.75, 3.05) is 38.2 Å². The molecule has 0 radical (unpaired) electrons. The number of ether oxygens (including phenoxy) is 1. The average Bonchev–Trinajstić information content (AvgIpc) is 3.26. The van der Waals surface area contributed by atoms with Gasteiger partial charge in [-0.1, -0.05) is 0 Å². The summed E-state index contributed by atoms with van der Waals surface area (Å²) in [7, 11) is 1.67. The minimum absolute atomic E-state index is 0.476. The smallest absolute Gasteiger partial charge is 0.223 e. The Morgan fingerprint density at radius 1 is 1.22 bits per heavy atom. The highest BCUT2D eigenvalue weighted by Gasteiger charge is 2.39. The molecule has 0 aromatic carbocycles. The molecule has 0 unspecified atom stereocenters. The summed E-state index contributed by atoms with van der Waals surface area (Å²) >= 11 is 0. The van der Waals surface area contributed by atoms with Gasteiger partial charge < -0.3 is 15.0 Å². The molecule has 0 saturated carbocycles. The van der Waals surface area contributed by atoms with Crippen LogP contribution in [-0.2, 0) is 0 Å². The predicted octanol–water partition coefficient (Wildman–Crippen LogP) is 2.06. The van der Waals surface area contributed by atoms with E-state index in [1.54, 1.807) is 13.3 Å². The molecule has 4 heterocycles. The van der Waals surface area contributed by atoms with E-state index >= 15 is 0 Å². The van der Waals surface area contributed by atoms with Gasteiger partial charge in [0, 0.05) is 30.4 Å². The second-order valence-electron chi connectivity index (χ2n) is 6.63. The van der Waals surface area contributed by atoms with Crippen LogP contribution in [0.3, 0.4) is 0 Å². The first-order chi connectivity index (χ1) is 11.3. The third-order valence-electron chi connectivity index (χ3n) is 5.27. The number of anilines is 1. The van der Waals surface area contributed by atoms with Gasteiger partial charge in [0.2, 0.25) is 5.88 Å². The number of aromatic amines is 1. The summed E-state index contributed by atoms with van der Waals surface area (Å²) in [6, 6.07) is 4.18. The summed E-state index contributed by atoms with van der Waals surface area (Å²) < 4.78 is 5.52. The third-order valence-corrected chi connectivity index (χ3v) is 5.27. The molecule has 1 spiro atoms. The van der Waals surface area contributed by atoms with Crippen molar-refractivity contribution < 1.29 is 4.74 Å². The Morgan fingerprint density at radius 3 is 2.83 bits per heavy atom. The number of piperidine rings is 1. The molecule has 2 saturated heterocycles. The number of aromatic nitrogens is 3. The van der Waals surface area contributed by atoms with Crippen molar-refractivity contribution in [1.29, 1.82) is 0 Å². The molecule has 6 nitrogen and oxygen atoms in total. The summed E-state index contributed by atoms with van der Waals surface area (Å²) in [6.45, 7) is 4.48. The molecule has 2 aromatic heterocycles. The molecule has 0 amide bonds. The van der Waals surface area contributed by atoms with Gasteiger partial charge in [-0.15, -0.1) is 0 Å². The van der Waals surface area contributed by atoms with Crippen LogP contribution < -0.4 is 15.0 Å². The molecule has 2 aromatic rings. The number of nitrogens with zero attached hydrogens (tertiary/aromatic N) is 3. The number of H-pyrrole nitrogens is 1. The van der Waals surface area contributed by atoms with Gasteiger partial charge in [0.1, 0.15) is 5.82 Å². The van der Waals surface area contributed by atoms with E-state index in [0.29, 0.717) is 11.3 Å². The van der Waals surface area contributed by atoms with Crippen LogP contribution in [0.5, 0.6) is 5.88 Å². The van der Waals surface area contributed by atoms with E-state index in [2.05, 4.69) is 32.5 Å². The number of hydrogen-bond donors (Lipinski definition) is 2. The molecule has 2 aliphatic rings. The Morgan fingerprint density at radius 2 is 2.09 bits per heavy atom. The van der Waals surface area contributed by atoms with Crippen LogP contribution >= 0.6 is 0 Å². The lowest BCUT2D eigenvalue weighted by Crippen LogP contribution is -2.38. The van der Waals surface area contributed by atoms with Crippen molar-refractivity contribution in [2.45, 2.75) is 19.3 Å². The van der Waals surface area contributed by atoms with E-state index in [1.165, 1.54) is 19.3 Å².